The number of benzene rings is 1. The fourth-order valence-electron chi connectivity index (χ4n) is 2.04. The fourth-order valence-corrected chi connectivity index (χ4v) is 3.15. The topological polar surface area (TPSA) is 79.3 Å². The number of nitrogens with zero attached hydrogens (tertiary/aromatic N) is 1. The van der Waals surface area contributed by atoms with Gasteiger partial charge in [0.05, 0.1) is 12.1 Å². The summed E-state index contributed by atoms with van der Waals surface area (Å²) in [6, 6.07) is 7.00. The Morgan fingerprint density at radius 1 is 1.30 bits per heavy atom. The maximum atomic E-state index is 11.9. The van der Waals surface area contributed by atoms with E-state index in [1.165, 1.54) is 11.3 Å². The molecule has 2 N–H and O–H groups in total. The first-order chi connectivity index (χ1) is 10.8. The van der Waals surface area contributed by atoms with Crippen LogP contribution in [0.4, 0.5) is 5.13 Å². The van der Waals surface area contributed by atoms with Gasteiger partial charge in [0.15, 0.2) is 5.13 Å². The highest BCUT2D eigenvalue weighted by atomic mass is 35.5. The van der Waals surface area contributed by atoms with Gasteiger partial charge in [-0.25, -0.2) is 4.98 Å². The summed E-state index contributed by atoms with van der Waals surface area (Å²) in [5.74, 6) is -0.827. The van der Waals surface area contributed by atoms with Crippen molar-refractivity contribution in [2.45, 2.75) is 26.7 Å². The van der Waals surface area contributed by atoms with Gasteiger partial charge in [-0.2, -0.15) is 0 Å². The number of thiazole rings is 1. The van der Waals surface area contributed by atoms with Crippen LogP contribution in [0.3, 0.4) is 0 Å². The second kappa shape index (κ2) is 7.57. The maximum absolute atomic E-state index is 11.9. The Balaban J connectivity index is 2.30. The number of aliphatic carboxylic acids is 1. The standard InChI is InChI=1S/C16H17ClN2O3S/c1-9(2)7-13(20)18-16-19-15(12(23-16)8-14(21)22)10-3-5-11(17)6-4-10/h3-6,9H,7-8H2,1-2H3,(H,21,22)(H,18,19,20). The van der Waals surface area contributed by atoms with Gasteiger partial charge >= 0.3 is 5.97 Å². The van der Waals surface area contributed by atoms with Gasteiger partial charge in [-0.3, -0.25) is 9.59 Å². The number of rotatable bonds is 6. The molecule has 0 radical (unpaired) electrons. The van der Waals surface area contributed by atoms with Crippen molar-refractivity contribution in [1.29, 1.82) is 0 Å². The minimum absolute atomic E-state index is 0.127. The van der Waals surface area contributed by atoms with Crippen LogP contribution < -0.4 is 5.32 Å². The van der Waals surface area contributed by atoms with Crippen LogP contribution in [-0.2, 0) is 16.0 Å². The summed E-state index contributed by atoms with van der Waals surface area (Å²) in [5.41, 5.74) is 1.33. The van der Waals surface area contributed by atoms with E-state index in [2.05, 4.69) is 10.3 Å². The summed E-state index contributed by atoms with van der Waals surface area (Å²) in [4.78, 5) is 27.9. The summed E-state index contributed by atoms with van der Waals surface area (Å²) < 4.78 is 0. The van der Waals surface area contributed by atoms with Crippen LogP contribution in [0.25, 0.3) is 11.3 Å². The first-order valence-electron chi connectivity index (χ1n) is 7.12. The van der Waals surface area contributed by atoms with E-state index >= 15 is 0 Å². The quantitative estimate of drug-likeness (QED) is 0.821. The molecular formula is C16H17ClN2O3S. The van der Waals surface area contributed by atoms with Gasteiger partial charge in [0, 0.05) is 21.9 Å². The number of hydrogen-bond donors (Lipinski definition) is 2. The minimum atomic E-state index is -0.941. The van der Waals surface area contributed by atoms with Crippen LogP contribution in [0.15, 0.2) is 24.3 Å². The Bertz CT molecular complexity index is 711. The van der Waals surface area contributed by atoms with E-state index in [-0.39, 0.29) is 18.2 Å². The van der Waals surface area contributed by atoms with Crippen molar-refractivity contribution in [2.75, 3.05) is 5.32 Å². The average molecular weight is 353 g/mol. The predicted octanol–water partition coefficient (Wildman–Crippen LogP) is 4.08. The predicted molar refractivity (Wildman–Crippen MR) is 92.0 cm³/mol. The molecule has 0 saturated heterocycles. The number of carboxylic acid groups (broad SMARTS) is 1. The fraction of sp³-hybridized carbons (Fsp3) is 0.312. The van der Waals surface area contributed by atoms with Crippen LogP contribution in [0.5, 0.6) is 0 Å². The van der Waals surface area contributed by atoms with E-state index in [1.54, 1.807) is 24.3 Å². The summed E-state index contributed by atoms with van der Waals surface area (Å²) in [7, 11) is 0. The van der Waals surface area contributed by atoms with E-state index in [0.29, 0.717) is 27.1 Å². The van der Waals surface area contributed by atoms with Crippen molar-refractivity contribution < 1.29 is 14.7 Å². The minimum Gasteiger partial charge on any atom is -0.481 e. The zero-order chi connectivity index (χ0) is 17.0. The summed E-state index contributed by atoms with van der Waals surface area (Å²) in [6.07, 6.45) is 0.250. The van der Waals surface area contributed by atoms with Crippen molar-refractivity contribution in [2.24, 2.45) is 5.92 Å². The van der Waals surface area contributed by atoms with Gasteiger partial charge in [0.25, 0.3) is 0 Å². The number of anilines is 1. The van der Waals surface area contributed by atoms with E-state index in [9.17, 15) is 9.59 Å². The average Bonchev–Trinajstić information content (AvgIpc) is 2.80. The van der Waals surface area contributed by atoms with Crippen LogP contribution in [-0.4, -0.2) is 22.0 Å². The molecule has 5 nitrogen and oxygen atoms in total. The van der Waals surface area contributed by atoms with Crippen molar-refractivity contribution >= 4 is 39.9 Å². The molecule has 0 aliphatic heterocycles. The number of amides is 1. The molecule has 1 heterocycles. The van der Waals surface area contributed by atoms with Gasteiger partial charge in [0.1, 0.15) is 0 Å². The zero-order valence-corrected chi connectivity index (χ0v) is 14.4. The number of carboxylic acids is 1. The van der Waals surface area contributed by atoms with E-state index in [1.807, 2.05) is 13.8 Å². The van der Waals surface area contributed by atoms with Gasteiger partial charge in [-0.15, -0.1) is 11.3 Å². The molecule has 0 bridgehead atoms. The van der Waals surface area contributed by atoms with E-state index in [4.69, 9.17) is 16.7 Å². The molecule has 2 rings (SSSR count). The third-order valence-corrected chi connectivity index (χ3v) is 4.19. The van der Waals surface area contributed by atoms with Crippen molar-refractivity contribution in [3.05, 3.63) is 34.2 Å². The molecule has 0 unspecified atom stereocenters. The monoisotopic (exact) mass is 352 g/mol. The molecule has 1 aromatic heterocycles. The Labute approximate surface area is 143 Å². The summed E-state index contributed by atoms with van der Waals surface area (Å²) >= 11 is 7.06. The first-order valence-corrected chi connectivity index (χ1v) is 8.32. The van der Waals surface area contributed by atoms with Gasteiger partial charge in [-0.05, 0) is 18.1 Å². The van der Waals surface area contributed by atoms with E-state index < -0.39 is 5.97 Å². The molecule has 0 spiro atoms. The molecule has 1 amide bonds. The van der Waals surface area contributed by atoms with Crippen LogP contribution in [0, 0.1) is 5.92 Å². The molecule has 2 aromatic rings. The molecule has 0 fully saturated rings. The van der Waals surface area contributed by atoms with Crippen LogP contribution >= 0.6 is 22.9 Å². The summed E-state index contributed by atoms with van der Waals surface area (Å²) in [6.45, 7) is 3.91. The maximum Gasteiger partial charge on any atom is 0.308 e. The lowest BCUT2D eigenvalue weighted by atomic mass is 10.1. The summed E-state index contributed by atoms with van der Waals surface area (Å²) in [5, 5.41) is 12.8. The molecule has 7 heteroatoms. The van der Waals surface area contributed by atoms with Crippen molar-refractivity contribution in [1.82, 2.24) is 4.98 Å². The SMILES string of the molecule is CC(C)CC(=O)Nc1nc(-c2ccc(Cl)cc2)c(CC(=O)O)s1. The lowest BCUT2D eigenvalue weighted by molar-refractivity contribution is -0.136. The highest BCUT2D eigenvalue weighted by molar-refractivity contribution is 7.16. The Hall–Kier alpha value is -1.92. The van der Waals surface area contributed by atoms with E-state index in [0.717, 1.165) is 5.56 Å². The Morgan fingerprint density at radius 3 is 2.52 bits per heavy atom. The van der Waals surface area contributed by atoms with Crippen molar-refractivity contribution in [3.8, 4) is 11.3 Å². The molecule has 0 aliphatic rings. The smallest absolute Gasteiger partial charge is 0.308 e. The lowest BCUT2D eigenvalue weighted by Crippen LogP contribution is -2.13. The third-order valence-electron chi connectivity index (χ3n) is 2.97. The second-order valence-electron chi connectivity index (χ2n) is 5.51. The zero-order valence-electron chi connectivity index (χ0n) is 12.8. The number of aromatic nitrogens is 1. The molecule has 23 heavy (non-hydrogen) atoms. The Kier molecular flexibility index (Phi) is 5.74. The number of nitrogens with one attached hydrogen (secondary N) is 1. The molecule has 0 atom stereocenters. The second-order valence-corrected chi connectivity index (χ2v) is 7.03. The highest BCUT2D eigenvalue weighted by Gasteiger charge is 2.17. The molecular weight excluding hydrogens is 336 g/mol. The third kappa shape index (κ3) is 5.04. The van der Waals surface area contributed by atoms with Crippen LogP contribution in [0.2, 0.25) is 5.02 Å². The largest absolute Gasteiger partial charge is 0.481 e. The number of halogens is 1. The first kappa shape index (κ1) is 17.4. The van der Waals surface area contributed by atoms with Gasteiger partial charge in [-0.1, -0.05) is 37.6 Å². The highest BCUT2D eigenvalue weighted by Crippen LogP contribution is 2.32. The Morgan fingerprint density at radius 2 is 1.96 bits per heavy atom. The number of carbonyl (C=O) groups is 2. The molecule has 0 aliphatic carbocycles. The number of carbonyl (C=O) groups excluding carboxylic acids is 1. The molecule has 122 valence electrons. The van der Waals surface area contributed by atoms with Crippen LogP contribution in [0.1, 0.15) is 25.1 Å². The van der Waals surface area contributed by atoms with Gasteiger partial charge < -0.3 is 10.4 Å². The molecule has 1 aromatic carbocycles. The number of hydrogen-bond acceptors (Lipinski definition) is 4. The van der Waals surface area contributed by atoms with Crippen molar-refractivity contribution in [3.63, 3.8) is 0 Å². The molecule has 0 saturated carbocycles. The normalized spacial score (nSPS) is 10.8. The lowest BCUT2D eigenvalue weighted by Gasteiger charge is -2.03. The van der Waals surface area contributed by atoms with Gasteiger partial charge in [0.2, 0.25) is 5.91 Å².